The van der Waals surface area contributed by atoms with Gasteiger partial charge in [-0.25, -0.2) is 13.8 Å². The molecule has 7 heteroatoms. The smallest absolute Gasteiger partial charge is 0.226 e. The predicted molar refractivity (Wildman–Crippen MR) is 112 cm³/mol. The first kappa shape index (κ1) is 20.1. The highest BCUT2D eigenvalue weighted by Gasteiger charge is 2.44. The summed E-state index contributed by atoms with van der Waals surface area (Å²) in [5.74, 6) is 0.672. The molecule has 4 rings (SSSR count). The molecule has 0 unspecified atom stereocenters. The Morgan fingerprint density at radius 3 is 2.60 bits per heavy atom. The van der Waals surface area contributed by atoms with Crippen LogP contribution in [0.5, 0.6) is 0 Å². The first-order valence-electron chi connectivity index (χ1n) is 9.99. The summed E-state index contributed by atoms with van der Waals surface area (Å²) in [6.07, 6.45) is 4.33. The maximum absolute atomic E-state index is 13.6. The summed E-state index contributed by atoms with van der Waals surface area (Å²) in [5.41, 5.74) is 2.55. The van der Waals surface area contributed by atoms with Crippen molar-refractivity contribution in [2.75, 3.05) is 20.1 Å². The van der Waals surface area contributed by atoms with E-state index in [4.69, 9.17) is 4.42 Å². The van der Waals surface area contributed by atoms with Gasteiger partial charge in [-0.1, -0.05) is 12.1 Å². The third-order valence-corrected chi connectivity index (χ3v) is 5.42. The molecule has 1 saturated carbocycles. The molecule has 0 amide bonds. The molecule has 1 aromatic heterocycles. The van der Waals surface area contributed by atoms with E-state index in [2.05, 4.69) is 20.6 Å². The lowest BCUT2D eigenvalue weighted by molar-refractivity contribution is 0.571. The Kier molecular flexibility index (Phi) is 5.79. The first-order chi connectivity index (χ1) is 14.6. The van der Waals surface area contributed by atoms with Crippen LogP contribution in [-0.2, 0) is 11.8 Å². The number of halogens is 2. The zero-order valence-corrected chi connectivity index (χ0v) is 16.8. The van der Waals surface area contributed by atoms with Crippen molar-refractivity contribution in [2.45, 2.75) is 24.7 Å². The highest BCUT2D eigenvalue weighted by Crippen LogP contribution is 2.47. The summed E-state index contributed by atoms with van der Waals surface area (Å²) in [5, 5.41) is 6.62. The van der Waals surface area contributed by atoms with Gasteiger partial charge in [0.05, 0.1) is 5.69 Å². The van der Waals surface area contributed by atoms with E-state index in [1.807, 2.05) is 6.07 Å². The van der Waals surface area contributed by atoms with Gasteiger partial charge in [0.1, 0.15) is 17.9 Å². The van der Waals surface area contributed by atoms with Gasteiger partial charge < -0.3 is 15.1 Å². The van der Waals surface area contributed by atoms with Gasteiger partial charge in [0.25, 0.3) is 0 Å². The van der Waals surface area contributed by atoms with Crippen molar-refractivity contribution >= 4 is 5.96 Å². The normalized spacial score (nSPS) is 15.1. The molecular weight excluding hydrogens is 386 g/mol. The Morgan fingerprint density at radius 1 is 1.10 bits per heavy atom. The van der Waals surface area contributed by atoms with Gasteiger partial charge >= 0.3 is 0 Å². The number of rotatable bonds is 7. The lowest BCUT2D eigenvalue weighted by Crippen LogP contribution is -2.42. The zero-order valence-electron chi connectivity index (χ0n) is 16.8. The van der Waals surface area contributed by atoms with Crippen molar-refractivity contribution in [3.05, 3.63) is 77.7 Å². The lowest BCUT2D eigenvalue weighted by atomic mass is 9.96. The number of nitrogens with zero attached hydrogens (tertiary/aromatic N) is 2. The van der Waals surface area contributed by atoms with E-state index < -0.39 is 0 Å². The fraction of sp³-hybridized carbons (Fsp3) is 0.304. The Hall–Kier alpha value is -3.22. The van der Waals surface area contributed by atoms with Crippen LogP contribution in [0.25, 0.3) is 11.5 Å². The molecule has 1 heterocycles. The van der Waals surface area contributed by atoms with Gasteiger partial charge in [0.15, 0.2) is 5.96 Å². The first-order valence-corrected chi connectivity index (χ1v) is 9.99. The highest BCUT2D eigenvalue weighted by molar-refractivity contribution is 5.79. The summed E-state index contributed by atoms with van der Waals surface area (Å²) in [6, 6.07) is 12.9. The molecular formula is C23H24F2N4O. The Morgan fingerprint density at radius 2 is 1.90 bits per heavy atom. The molecule has 0 radical (unpaired) electrons. The van der Waals surface area contributed by atoms with Crippen molar-refractivity contribution in [3.63, 3.8) is 0 Å². The Labute approximate surface area is 174 Å². The molecule has 5 nitrogen and oxygen atoms in total. The SMILES string of the molecule is CN=C(NCCc1coc(-c2ccc(F)cc2)n1)NCC1(c2cccc(F)c2)CC1. The van der Waals surface area contributed by atoms with E-state index in [1.54, 1.807) is 37.6 Å². The van der Waals surface area contributed by atoms with Crippen LogP contribution < -0.4 is 10.6 Å². The number of aromatic nitrogens is 1. The van der Waals surface area contributed by atoms with E-state index >= 15 is 0 Å². The number of aliphatic imine (C=N–C) groups is 1. The summed E-state index contributed by atoms with van der Waals surface area (Å²) >= 11 is 0. The largest absolute Gasteiger partial charge is 0.444 e. The van der Waals surface area contributed by atoms with Crippen molar-refractivity contribution in [1.29, 1.82) is 0 Å². The maximum Gasteiger partial charge on any atom is 0.226 e. The minimum absolute atomic E-state index is 0.0180. The van der Waals surface area contributed by atoms with Crippen LogP contribution in [0.1, 0.15) is 24.1 Å². The minimum Gasteiger partial charge on any atom is -0.444 e. The van der Waals surface area contributed by atoms with E-state index in [0.717, 1.165) is 29.7 Å². The quantitative estimate of drug-likeness (QED) is 0.456. The summed E-state index contributed by atoms with van der Waals surface area (Å²) in [4.78, 5) is 8.71. The third kappa shape index (κ3) is 4.67. The topological polar surface area (TPSA) is 62.5 Å². The average Bonchev–Trinajstić information content (AvgIpc) is 3.41. The van der Waals surface area contributed by atoms with Crippen molar-refractivity contribution < 1.29 is 13.2 Å². The number of hydrogen-bond acceptors (Lipinski definition) is 3. The summed E-state index contributed by atoms with van der Waals surface area (Å²) in [7, 11) is 1.72. The van der Waals surface area contributed by atoms with Crippen LogP contribution in [-0.4, -0.2) is 31.1 Å². The van der Waals surface area contributed by atoms with Crippen LogP contribution in [0.15, 0.2) is 64.2 Å². The lowest BCUT2D eigenvalue weighted by Gasteiger charge is -2.19. The van der Waals surface area contributed by atoms with Crippen molar-refractivity contribution in [2.24, 2.45) is 4.99 Å². The van der Waals surface area contributed by atoms with Crippen LogP contribution in [0.3, 0.4) is 0 Å². The molecule has 1 fully saturated rings. The molecule has 0 aliphatic heterocycles. The third-order valence-electron chi connectivity index (χ3n) is 5.42. The second kappa shape index (κ2) is 8.65. The maximum atomic E-state index is 13.6. The number of benzene rings is 2. The van der Waals surface area contributed by atoms with Gasteiger partial charge in [-0.05, 0) is 54.8 Å². The monoisotopic (exact) mass is 410 g/mol. The fourth-order valence-corrected chi connectivity index (χ4v) is 3.47. The van der Waals surface area contributed by atoms with Crippen LogP contribution in [0.2, 0.25) is 0 Å². The molecule has 3 aromatic rings. The van der Waals surface area contributed by atoms with Crippen LogP contribution in [0.4, 0.5) is 8.78 Å². The van der Waals surface area contributed by atoms with Gasteiger partial charge in [-0.15, -0.1) is 0 Å². The van der Waals surface area contributed by atoms with Gasteiger partial charge in [0, 0.05) is 37.5 Å². The van der Waals surface area contributed by atoms with E-state index in [1.165, 1.54) is 18.2 Å². The second-order valence-electron chi connectivity index (χ2n) is 7.54. The standard InChI is InChI=1S/C23H24F2N4O/c1-26-22(28-15-23(10-11-23)17-3-2-4-19(25)13-17)27-12-9-20-14-30-21(29-20)16-5-7-18(24)8-6-16/h2-8,13-14H,9-12,15H2,1H3,(H2,26,27,28). The number of guanidine groups is 1. The van der Waals surface area contributed by atoms with Crippen molar-refractivity contribution in [3.8, 4) is 11.5 Å². The second-order valence-corrected chi connectivity index (χ2v) is 7.54. The molecule has 0 saturated heterocycles. The van der Waals surface area contributed by atoms with E-state index in [9.17, 15) is 8.78 Å². The van der Waals surface area contributed by atoms with Crippen LogP contribution >= 0.6 is 0 Å². The minimum atomic E-state index is -0.293. The molecule has 1 aliphatic carbocycles. The van der Waals surface area contributed by atoms with Gasteiger partial charge in [0.2, 0.25) is 5.89 Å². The molecule has 0 spiro atoms. The summed E-state index contributed by atoms with van der Waals surface area (Å²) in [6.45, 7) is 1.33. The molecule has 0 bridgehead atoms. The molecule has 2 N–H and O–H groups in total. The van der Waals surface area contributed by atoms with Gasteiger partial charge in [-0.2, -0.15) is 0 Å². The predicted octanol–water partition coefficient (Wildman–Crippen LogP) is 4.06. The van der Waals surface area contributed by atoms with E-state index in [0.29, 0.717) is 31.4 Å². The molecule has 1 aliphatic rings. The van der Waals surface area contributed by atoms with Crippen LogP contribution in [0, 0.1) is 11.6 Å². The molecule has 156 valence electrons. The highest BCUT2D eigenvalue weighted by atomic mass is 19.1. The number of nitrogens with one attached hydrogen (secondary N) is 2. The van der Waals surface area contributed by atoms with E-state index in [-0.39, 0.29) is 17.0 Å². The van der Waals surface area contributed by atoms with Crippen molar-refractivity contribution in [1.82, 2.24) is 15.6 Å². The number of oxazole rings is 1. The Bertz CT molecular complexity index is 1030. The number of hydrogen-bond donors (Lipinski definition) is 2. The zero-order chi connectivity index (χ0) is 21.0. The fourth-order valence-electron chi connectivity index (χ4n) is 3.47. The molecule has 0 atom stereocenters. The molecule has 2 aromatic carbocycles. The Balaban J connectivity index is 1.27. The van der Waals surface area contributed by atoms with Gasteiger partial charge in [-0.3, -0.25) is 4.99 Å². The molecule has 30 heavy (non-hydrogen) atoms. The summed E-state index contributed by atoms with van der Waals surface area (Å²) < 4.78 is 32.1. The average molecular weight is 410 g/mol.